The highest BCUT2D eigenvalue weighted by Crippen LogP contribution is 2.19. The predicted molar refractivity (Wildman–Crippen MR) is 114 cm³/mol. The van der Waals surface area contributed by atoms with Crippen LogP contribution >= 0.6 is 0 Å². The molecular weight excluding hydrogens is 392 g/mol. The molecule has 7 nitrogen and oxygen atoms in total. The van der Waals surface area contributed by atoms with E-state index in [2.05, 4.69) is 5.32 Å². The molecule has 1 unspecified atom stereocenters. The summed E-state index contributed by atoms with van der Waals surface area (Å²) in [4.78, 5) is 12.4. The molecule has 1 N–H and O–H groups in total. The van der Waals surface area contributed by atoms with Crippen molar-refractivity contribution in [1.82, 2.24) is 5.32 Å². The van der Waals surface area contributed by atoms with Gasteiger partial charge >= 0.3 is 0 Å². The maximum atomic E-state index is 12.4. The summed E-state index contributed by atoms with van der Waals surface area (Å²) in [6, 6.07) is 13.5. The average molecular weight is 421 g/mol. The van der Waals surface area contributed by atoms with Gasteiger partial charge in [0.15, 0.2) is 0 Å². The Hall–Kier alpha value is -2.74. The van der Waals surface area contributed by atoms with Crippen LogP contribution in [0.1, 0.15) is 31.1 Å². The van der Waals surface area contributed by atoms with E-state index in [1.165, 1.54) is 4.31 Å². The Morgan fingerprint density at radius 2 is 1.62 bits per heavy atom. The minimum Gasteiger partial charge on any atom is -0.497 e. The van der Waals surface area contributed by atoms with Crippen molar-refractivity contribution in [2.24, 2.45) is 0 Å². The highest BCUT2D eigenvalue weighted by atomic mass is 32.2. The van der Waals surface area contributed by atoms with Gasteiger partial charge in [0.25, 0.3) is 5.91 Å². The maximum Gasteiger partial charge on any atom is 0.251 e. The summed E-state index contributed by atoms with van der Waals surface area (Å²) in [6.45, 7) is 5.88. The molecular formula is C21H28N2O5S. The van der Waals surface area contributed by atoms with Crippen molar-refractivity contribution in [2.45, 2.75) is 26.8 Å². The van der Waals surface area contributed by atoms with E-state index in [0.29, 0.717) is 30.2 Å². The number of nitrogens with zero attached hydrogens (tertiary/aromatic N) is 1. The Labute approximate surface area is 172 Å². The van der Waals surface area contributed by atoms with Gasteiger partial charge in [-0.3, -0.25) is 9.10 Å². The summed E-state index contributed by atoms with van der Waals surface area (Å²) in [6.07, 6.45) is 0. The first kappa shape index (κ1) is 22.5. The molecule has 1 amide bonds. The lowest BCUT2D eigenvalue weighted by Crippen LogP contribution is -2.36. The zero-order valence-corrected chi connectivity index (χ0v) is 18.0. The van der Waals surface area contributed by atoms with Gasteiger partial charge in [-0.2, -0.15) is 0 Å². The fraction of sp³-hybridized carbons (Fsp3) is 0.381. The summed E-state index contributed by atoms with van der Waals surface area (Å²) in [5.41, 5.74) is 0.997. The molecule has 0 spiro atoms. The van der Waals surface area contributed by atoms with E-state index in [9.17, 15) is 13.2 Å². The summed E-state index contributed by atoms with van der Waals surface area (Å²) in [7, 11) is -1.75. The molecule has 0 fully saturated rings. The number of anilines is 1. The second kappa shape index (κ2) is 10.2. The Morgan fingerprint density at radius 3 is 2.14 bits per heavy atom. The van der Waals surface area contributed by atoms with Gasteiger partial charge in [0, 0.05) is 12.1 Å². The van der Waals surface area contributed by atoms with Crippen molar-refractivity contribution >= 4 is 21.6 Å². The standard InChI is InChI=1S/C21H28N2O5S/c1-5-23(29(25,26)6-2)18-9-7-17(8-10-18)21(24)22-16(3)15-28-20-13-11-19(27-4)12-14-20/h7-14,16H,5-6,15H2,1-4H3,(H,22,24). The molecule has 29 heavy (non-hydrogen) atoms. The average Bonchev–Trinajstić information content (AvgIpc) is 2.73. The number of methoxy groups -OCH3 is 1. The first-order valence-electron chi connectivity index (χ1n) is 9.48. The van der Waals surface area contributed by atoms with Crippen LogP contribution in [-0.4, -0.2) is 46.4 Å². The second-order valence-corrected chi connectivity index (χ2v) is 8.66. The molecule has 0 saturated carbocycles. The monoisotopic (exact) mass is 420 g/mol. The zero-order valence-electron chi connectivity index (χ0n) is 17.2. The largest absolute Gasteiger partial charge is 0.497 e. The summed E-state index contributed by atoms with van der Waals surface area (Å²) < 4.78 is 36.4. The summed E-state index contributed by atoms with van der Waals surface area (Å²) >= 11 is 0. The van der Waals surface area contributed by atoms with Crippen LogP contribution in [0, 0.1) is 0 Å². The van der Waals surface area contributed by atoms with Crippen molar-refractivity contribution in [1.29, 1.82) is 0 Å². The predicted octanol–water partition coefficient (Wildman–Crippen LogP) is 3.07. The minimum atomic E-state index is -3.35. The van der Waals surface area contributed by atoms with Crippen LogP contribution in [0.2, 0.25) is 0 Å². The maximum absolute atomic E-state index is 12.4. The molecule has 0 aliphatic carbocycles. The van der Waals surface area contributed by atoms with E-state index in [1.807, 2.05) is 6.92 Å². The molecule has 0 saturated heterocycles. The lowest BCUT2D eigenvalue weighted by Gasteiger charge is -2.22. The van der Waals surface area contributed by atoms with Gasteiger partial charge in [-0.25, -0.2) is 8.42 Å². The highest BCUT2D eigenvalue weighted by Gasteiger charge is 2.19. The van der Waals surface area contributed by atoms with E-state index < -0.39 is 10.0 Å². The van der Waals surface area contributed by atoms with Crippen molar-refractivity contribution in [3.8, 4) is 11.5 Å². The van der Waals surface area contributed by atoms with Crippen LogP contribution in [0.25, 0.3) is 0 Å². The third-order valence-corrected chi connectivity index (χ3v) is 6.21. The molecule has 8 heteroatoms. The molecule has 2 aromatic carbocycles. The normalized spacial score (nSPS) is 12.1. The Morgan fingerprint density at radius 1 is 1.03 bits per heavy atom. The molecule has 0 aliphatic heterocycles. The van der Waals surface area contributed by atoms with Crippen LogP contribution in [0.3, 0.4) is 0 Å². The van der Waals surface area contributed by atoms with E-state index >= 15 is 0 Å². The molecule has 0 bridgehead atoms. The Bertz CT molecular complexity index is 896. The Kier molecular flexibility index (Phi) is 7.90. The number of hydrogen-bond donors (Lipinski definition) is 1. The van der Waals surface area contributed by atoms with Crippen molar-refractivity contribution in [3.63, 3.8) is 0 Å². The lowest BCUT2D eigenvalue weighted by molar-refractivity contribution is 0.0926. The molecule has 0 radical (unpaired) electrons. The molecule has 0 aromatic heterocycles. The molecule has 0 heterocycles. The van der Waals surface area contributed by atoms with Crippen LogP contribution in [0.15, 0.2) is 48.5 Å². The molecule has 158 valence electrons. The van der Waals surface area contributed by atoms with E-state index in [4.69, 9.17) is 9.47 Å². The lowest BCUT2D eigenvalue weighted by atomic mass is 10.2. The number of benzene rings is 2. The van der Waals surface area contributed by atoms with E-state index in [-0.39, 0.29) is 17.7 Å². The van der Waals surface area contributed by atoms with Crippen molar-refractivity contribution < 1.29 is 22.7 Å². The smallest absolute Gasteiger partial charge is 0.251 e. The van der Waals surface area contributed by atoms with Gasteiger partial charge in [0.05, 0.1) is 24.6 Å². The highest BCUT2D eigenvalue weighted by molar-refractivity contribution is 7.92. The number of nitrogens with one attached hydrogen (secondary N) is 1. The molecule has 2 aromatic rings. The third-order valence-electron chi connectivity index (χ3n) is 4.34. The minimum absolute atomic E-state index is 0.0226. The Balaban J connectivity index is 1.94. The number of hydrogen-bond acceptors (Lipinski definition) is 5. The van der Waals surface area contributed by atoms with Gasteiger partial charge in [0.1, 0.15) is 18.1 Å². The number of amides is 1. The quantitative estimate of drug-likeness (QED) is 0.639. The van der Waals surface area contributed by atoms with E-state index in [0.717, 1.165) is 5.75 Å². The van der Waals surface area contributed by atoms with Crippen LogP contribution < -0.4 is 19.1 Å². The third kappa shape index (κ3) is 6.12. The summed E-state index contributed by atoms with van der Waals surface area (Å²) in [5.74, 6) is 1.21. The zero-order chi connectivity index (χ0) is 21.4. The second-order valence-electron chi connectivity index (χ2n) is 6.47. The molecule has 2 rings (SSSR count). The van der Waals surface area contributed by atoms with Crippen LogP contribution in [0.5, 0.6) is 11.5 Å². The number of sulfonamides is 1. The number of carbonyl (C=O) groups is 1. The van der Waals surface area contributed by atoms with Crippen LogP contribution in [-0.2, 0) is 10.0 Å². The van der Waals surface area contributed by atoms with E-state index in [1.54, 1.807) is 69.5 Å². The van der Waals surface area contributed by atoms with Crippen molar-refractivity contribution in [3.05, 3.63) is 54.1 Å². The van der Waals surface area contributed by atoms with Gasteiger partial charge < -0.3 is 14.8 Å². The van der Waals surface area contributed by atoms with Gasteiger partial charge in [-0.15, -0.1) is 0 Å². The fourth-order valence-electron chi connectivity index (χ4n) is 2.72. The number of rotatable bonds is 10. The molecule has 1 atom stereocenters. The fourth-order valence-corrected chi connectivity index (χ4v) is 3.86. The van der Waals surface area contributed by atoms with Gasteiger partial charge in [-0.1, -0.05) is 0 Å². The van der Waals surface area contributed by atoms with Gasteiger partial charge in [0.2, 0.25) is 10.0 Å². The molecule has 0 aliphatic rings. The first-order chi connectivity index (χ1) is 13.8. The first-order valence-corrected chi connectivity index (χ1v) is 11.1. The van der Waals surface area contributed by atoms with Crippen molar-refractivity contribution in [2.75, 3.05) is 30.3 Å². The van der Waals surface area contributed by atoms with Crippen LogP contribution in [0.4, 0.5) is 5.69 Å². The topological polar surface area (TPSA) is 84.9 Å². The number of ether oxygens (including phenoxy) is 2. The number of carbonyl (C=O) groups excluding carboxylic acids is 1. The van der Waals surface area contributed by atoms with Gasteiger partial charge in [-0.05, 0) is 69.3 Å². The SMILES string of the molecule is CCN(c1ccc(C(=O)NC(C)COc2ccc(OC)cc2)cc1)S(=O)(=O)CC. The summed E-state index contributed by atoms with van der Waals surface area (Å²) in [5, 5.41) is 2.87.